The number of methoxy groups -OCH3 is 1. The lowest BCUT2D eigenvalue weighted by Gasteiger charge is -2.08. The first-order valence-corrected chi connectivity index (χ1v) is 6.43. The molecule has 0 spiro atoms. The summed E-state index contributed by atoms with van der Waals surface area (Å²) in [5, 5.41) is 5.88. The van der Waals surface area contributed by atoms with Crippen molar-refractivity contribution in [1.29, 1.82) is 0 Å². The Morgan fingerprint density at radius 2 is 2.20 bits per heavy atom. The first-order valence-electron chi connectivity index (χ1n) is 5.55. The summed E-state index contributed by atoms with van der Waals surface area (Å²) in [5.74, 6) is -1.32. The van der Waals surface area contributed by atoms with Crippen molar-refractivity contribution in [3.05, 3.63) is 34.2 Å². The summed E-state index contributed by atoms with van der Waals surface area (Å²) < 4.78 is 32.3. The van der Waals surface area contributed by atoms with Crippen LogP contribution < -0.4 is 15.9 Å². The maximum Gasteiger partial charge on any atom is 0.205 e. The number of hydrazone groups is 1. The van der Waals surface area contributed by atoms with Gasteiger partial charge >= 0.3 is 0 Å². The Bertz CT molecular complexity index is 657. The third-order valence-electron chi connectivity index (χ3n) is 2.54. The number of hydrogen-bond acceptors (Lipinski definition) is 6. The van der Waals surface area contributed by atoms with Crippen LogP contribution in [0.4, 0.5) is 19.7 Å². The average Bonchev–Trinajstić information content (AvgIpc) is 2.84. The van der Waals surface area contributed by atoms with Gasteiger partial charge in [0.05, 0.1) is 13.3 Å². The van der Waals surface area contributed by atoms with Gasteiger partial charge in [0.2, 0.25) is 5.13 Å². The van der Waals surface area contributed by atoms with Crippen molar-refractivity contribution in [3.63, 3.8) is 0 Å². The predicted molar refractivity (Wildman–Crippen MR) is 75.4 cm³/mol. The number of nitrogen functional groups attached to an aromatic ring is 1. The van der Waals surface area contributed by atoms with Gasteiger partial charge in [-0.25, -0.2) is 13.8 Å². The number of thiazole rings is 1. The molecule has 0 bridgehead atoms. The molecule has 0 aliphatic heterocycles. The van der Waals surface area contributed by atoms with E-state index in [2.05, 4.69) is 15.5 Å². The molecule has 0 amide bonds. The Balaban J connectivity index is 2.22. The number of nitrogens with two attached hydrogens (primary N) is 1. The second-order valence-electron chi connectivity index (χ2n) is 3.87. The van der Waals surface area contributed by atoms with E-state index in [0.717, 1.165) is 6.21 Å². The van der Waals surface area contributed by atoms with E-state index < -0.39 is 11.6 Å². The lowest BCUT2D eigenvalue weighted by Crippen LogP contribution is -2.01. The smallest absolute Gasteiger partial charge is 0.205 e. The molecule has 0 radical (unpaired) electrons. The fourth-order valence-electron chi connectivity index (χ4n) is 1.51. The lowest BCUT2D eigenvalue weighted by atomic mass is 10.1. The number of ether oxygens (including phenoxy) is 1. The topological polar surface area (TPSA) is 72.5 Å². The number of nitrogens with zero attached hydrogens (tertiary/aromatic N) is 2. The maximum absolute atomic E-state index is 13.7. The SMILES string of the molecule is COc1cc(C=NNc2nc(N)cs2)c(F)c(F)c1C. The molecule has 5 nitrogen and oxygen atoms in total. The van der Waals surface area contributed by atoms with Gasteiger partial charge in [0.1, 0.15) is 11.6 Å². The molecule has 0 saturated carbocycles. The predicted octanol–water partition coefficient (Wildman–Crippen LogP) is 2.77. The summed E-state index contributed by atoms with van der Waals surface area (Å²) in [5.41, 5.74) is 8.11. The molecule has 1 heterocycles. The molecule has 0 aliphatic carbocycles. The first kappa shape index (κ1) is 14.2. The van der Waals surface area contributed by atoms with Crippen molar-refractivity contribution < 1.29 is 13.5 Å². The Kier molecular flexibility index (Phi) is 4.14. The third-order valence-corrected chi connectivity index (χ3v) is 3.30. The molecule has 1 aromatic heterocycles. The van der Waals surface area contributed by atoms with Crippen LogP contribution in [0.25, 0.3) is 0 Å². The fraction of sp³-hybridized carbons (Fsp3) is 0.167. The van der Waals surface area contributed by atoms with Gasteiger partial charge in [-0.3, -0.25) is 5.43 Å². The normalized spacial score (nSPS) is 11.0. The molecule has 1 aromatic carbocycles. The van der Waals surface area contributed by atoms with Crippen molar-refractivity contribution in [3.8, 4) is 5.75 Å². The van der Waals surface area contributed by atoms with Crippen molar-refractivity contribution in [2.75, 3.05) is 18.3 Å². The summed E-state index contributed by atoms with van der Waals surface area (Å²) in [7, 11) is 1.39. The zero-order valence-corrected chi connectivity index (χ0v) is 11.6. The van der Waals surface area contributed by atoms with Gasteiger partial charge in [-0.15, -0.1) is 11.3 Å². The molecular formula is C12H12F2N4OS. The number of hydrogen-bond donors (Lipinski definition) is 2. The van der Waals surface area contributed by atoms with Crippen LogP contribution in [-0.4, -0.2) is 18.3 Å². The van der Waals surface area contributed by atoms with Crippen LogP contribution in [0.1, 0.15) is 11.1 Å². The minimum Gasteiger partial charge on any atom is -0.496 e. The molecule has 0 aliphatic rings. The number of benzene rings is 1. The fourth-order valence-corrected chi connectivity index (χ4v) is 2.06. The molecule has 0 atom stereocenters. The number of nitrogens with one attached hydrogen (secondary N) is 1. The van der Waals surface area contributed by atoms with Gasteiger partial charge in [-0.2, -0.15) is 5.10 Å². The molecular weight excluding hydrogens is 286 g/mol. The van der Waals surface area contributed by atoms with Crippen LogP contribution in [0.5, 0.6) is 5.75 Å². The van der Waals surface area contributed by atoms with Gasteiger partial charge in [0.25, 0.3) is 0 Å². The van der Waals surface area contributed by atoms with Crippen molar-refractivity contribution in [2.24, 2.45) is 5.10 Å². The molecule has 3 N–H and O–H groups in total. The van der Waals surface area contributed by atoms with Gasteiger partial charge < -0.3 is 10.5 Å². The Morgan fingerprint density at radius 1 is 1.45 bits per heavy atom. The minimum absolute atomic E-state index is 0.0259. The number of halogens is 2. The number of aromatic nitrogens is 1. The van der Waals surface area contributed by atoms with Crippen LogP contribution in [0.15, 0.2) is 16.5 Å². The maximum atomic E-state index is 13.7. The zero-order valence-electron chi connectivity index (χ0n) is 10.8. The van der Waals surface area contributed by atoms with Crippen LogP contribution in [0.2, 0.25) is 0 Å². The summed E-state index contributed by atoms with van der Waals surface area (Å²) in [6.07, 6.45) is 1.15. The lowest BCUT2D eigenvalue weighted by molar-refractivity contribution is 0.401. The van der Waals surface area contributed by atoms with E-state index in [1.54, 1.807) is 5.38 Å². The number of rotatable bonds is 4. The van der Waals surface area contributed by atoms with Crippen LogP contribution in [0, 0.1) is 18.6 Å². The molecule has 0 fully saturated rings. The van der Waals surface area contributed by atoms with Crippen molar-refractivity contribution in [2.45, 2.75) is 6.92 Å². The standard InChI is InChI=1S/C12H12F2N4OS/c1-6-8(19-2)3-7(11(14)10(6)13)4-16-18-12-17-9(15)5-20-12/h3-5H,15H2,1-2H3,(H,17,18). The Hall–Kier alpha value is -2.22. The zero-order chi connectivity index (χ0) is 14.7. The molecule has 0 saturated heterocycles. The van der Waals surface area contributed by atoms with E-state index >= 15 is 0 Å². The summed E-state index contributed by atoms with van der Waals surface area (Å²) in [6, 6.07) is 1.37. The monoisotopic (exact) mass is 298 g/mol. The number of anilines is 2. The van der Waals surface area contributed by atoms with Crippen LogP contribution in [0.3, 0.4) is 0 Å². The second kappa shape index (κ2) is 5.83. The summed E-state index contributed by atoms with van der Waals surface area (Å²) >= 11 is 1.25. The van der Waals surface area contributed by atoms with Crippen LogP contribution in [-0.2, 0) is 0 Å². The molecule has 106 valence electrons. The minimum atomic E-state index is -0.979. The molecule has 2 rings (SSSR count). The van der Waals surface area contributed by atoms with Gasteiger partial charge in [-0.05, 0) is 13.0 Å². The van der Waals surface area contributed by atoms with Crippen molar-refractivity contribution in [1.82, 2.24) is 4.98 Å². The molecule has 8 heteroatoms. The summed E-state index contributed by atoms with van der Waals surface area (Å²) in [6.45, 7) is 1.44. The highest BCUT2D eigenvalue weighted by molar-refractivity contribution is 7.14. The van der Waals surface area contributed by atoms with Gasteiger partial charge in [0.15, 0.2) is 11.6 Å². The first-order chi connectivity index (χ1) is 9.52. The van der Waals surface area contributed by atoms with E-state index in [1.807, 2.05) is 0 Å². The van der Waals surface area contributed by atoms with Gasteiger partial charge in [-0.1, -0.05) is 0 Å². The Morgan fingerprint density at radius 3 is 2.80 bits per heavy atom. The van der Waals surface area contributed by atoms with Crippen molar-refractivity contribution >= 4 is 28.5 Å². The molecule has 20 heavy (non-hydrogen) atoms. The van der Waals surface area contributed by atoms with Crippen LogP contribution >= 0.6 is 11.3 Å². The van der Waals surface area contributed by atoms with E-state index in [-0.39, 0.29) is 16.9 Å². The summed E-state index contributed by atoms with van der Waals surface area (Å²) in [4.78, 5) is 3.91. The van der Waals surface area contributed by atoms with E-state index in [9.17, 15) is 8.78 Å². The molecule has 2 aromatic rings. The van der Waals surface area contributed by atoms with E-state index in [4.69, 9.17) is 10.5 Å². The highest BCUT2D eigenvalue weighted by atomic mass is 32.1. The average molecular weight is 298 g/mol. The van der Waals surface area contributed by atoms with E-state index in [0.29, 0.717) is 10.9 Å². The van der Waals surface area contributed by atoms with E-state index in [1.165, 1.54) is 31.4 Å². The van der Waals surface area contributed by atoms with Gasteiger partial charge in [0, 0.05) is 16.5 Å². The Labute approximate surface area is 118 Å². The second-order valence-corrected chi connectivity index (χ2v) is 4.73. The molecule has 0 unspecified atom stereocenters. The largest absolute Gasteiger partial charge is 0.496 e. The third kappa shape index (κ3) is 2.85. The quantitative estimate of drug-likeness (QED) is 0.672. The highest BCUT2D eigenvalue weighted by Crippen LogP contribution is 2.25. The highest BCUT2D eigenvalue weighted by Gasteiger charge is 2.14.